The number of carbonyl (C=O) groups excluding carboxylic acids is 1. The molecule has 1 rings (SSSR count). The van der Waals surface area contributed by atoms with Crippen molar-refractivity contribution in [2.75, 3.05) is 17.8 Å². The van der Waals surface area contributed by atoms with E-state index in [1.54, 1.807) is 38.1 Å². The van der Waals surface area contributed by atoms with Gasteiger partial charge in [-0.3, -0.25) is 4.79 Å². The first kappa shape index (κ1) is 25.9. The van der Waals surface area contributed by atoms with Gasteiger partial charge in [-0.2, -0.15) is 11.8 Å². The van der Waals surface area contributed by atoms with Gasteiger partial charge >= 0.3 is 0 Å². The molecule has 0 aromatic heterocycles. The molecular weight excluding hydrogens is 434 g/mol. The van der Waals surface area contributed by atoms with Crippen LogP contribution in [-0.2, 0) is 37.1 Å². The normalized spacial score (nSPS) is 13.4. The third kappa shape index (κ3) is 10.4. The van der Waals surface area contributed by atoms with Gasteiger partial charge in [-0.05, 0) is 50.3 Å². The molecule has 166 valence electrons. The van der Waals surface area contributed by atoms with E-state index in [1.807, 2.05) is 6.26 Å². The topological polar surface area (TPSA) is 121 Å². The van der Waals surface area contributed by atoms with Crippen LogP contribution in [0.3, 0.4) is 0 Å². The van der Waals surface area contributed by atoms with E-state index in [0.717, 1.165) is 5.56 Å². The first-order valence-electron chi connectivity index (χ1n) is 9.32. The number of hydrogen-bond donors (Lipinski definition) is 3. The van der Waals surface area contributed by atoms with Crippen molar-refractivity contribution >= 4 is 37.7 Å². The molecule has 11 heteroatoms. The number of hydrogen-bond acceptors (Lipinski definition) is 6. The molecule has 0 bridgehead atoms. The Kier molecular flexibility index (Phi) is 10.6. The van der Waals surface area contributed by atoms with Crippen molar-refractivity contribution in [3.63, 3.8) is 0 Å². The molecule has 1 aromatic rings. The molecule has 29 heavy (non-hydrogen) atoms. The summed E-state index contributed by atoms with van der Waals surface area (Å²) in [7, 11) is -6.89. The minimum atomic E-state index is -3.49. The van der Waals surface area contributed by atoms with Crippen LogP contribution in [0, 0.1) is 0 Å². The van der Waals surface area contributed by atoms with Gasteiger partial charge in [-0.25, -0.2) is 26.3 Å². The van der Waals surface area contributed by atoms with Crippen LogP contribution in [0.2, 0.25) is 0 Å². The first-order valence-corrected chi connectivity index (χ1v) is 14.0. The number of sulfonamides is 2. The third-order valence-electron chi connectivity index (χ3n) is 3.89. The van der Waals surface area contributed by atoms with Crippen molar-refractivity contribution in [1.82, 2.24) is 14.8 Å². The van der Waals surface area contributed by atoms with E-state index in [9.17, 15) is 21.6 Å². The minimum absolute atomic E-state index is 0.0912. The lowest BCUT2D eigenvalue weighted by Crippen LogP contribution is -2.47. The highest BCUT2D eigenvalue weighted by atomic mass is 32.2. The predicted molar refractivity (Wildman–Crippen MR) is 119 cm³/mol. The Morgan fingerprint density at radius 1 is 1.00 bits per heavy atom. The largest absolute Gasteiger partial charge is 0.351 e. The van der Waals surface area contributed by atoms with E-state index < -0.39 is 26.1 Å². The van der Waals surface area contributed by atoms with Crippen molar-refractivity contribution < 1.29 is 21.6 Å². The molecule has 0 aliphatic rings. The smallest absolute Gasteiger partial charge is 0.238 e. The maximum absolute atomic E-state index is 12.4. The lowest BCUT2D eigenvalue weighted by atomic mass is 10.1. The number of carbonyl (C=O) groups is 1. The van der Waals surface area contributed by atoms with Gasteiger partial charge in [-0.15, -0.1) is 0 Å². The van der Waals surface area contributed by atoms with E-state index in [-0.39, 0.29) is 30.0 Å². The highest BCUT2D eigenvalue weighted by Crippen LogP contribution is 2.09. The molecule has 1 aromatic carbocycles. The molecule has 3 N–H and O–H groups in total. The SMILES string of the molecule is CCS(=O)(=O)NC(CCSC)C(=O)NCc1ccc(CS(=O)(=O)NC(C)C)cc1. The maximum atomic E-state index is 12.4. The number of rotatable bonds is 13. The Balaban J connectivity index is 2.69. The maximum Gasteiger partial charge on any atom is 0.238 e. The van der Waals surface area contributed by atoms with Crippen LogP contribution in [0.25, 0.3) is 0 Å². The molecular formula is C18H31N3O5S3. The number of thioether (sulfide) groups is 1. The average Bonchev–Trinajstić information content (AvgIpc) is 2.62. The Morgan fingerprint density at radius 3 is 2.10 bits per heavy atom. The second-order valence-electron chi connectivity index (χ2n) is 6.92. The molecule has 0 heterocycles. The molecule has 1 unspecified atom stereocenters. The lowest BCUT2D eigenvalue weighted by molar-refractivity contribution is -0.122. The summed E-state index contributed by atoms with van der Waals surface area (Å²) in [6.45, 7) is 5.26. The molecule has 0 saturated heterocycles. The van der Waals surface area contributed by atoms with Gasteiger partial charge in [0.15, 0.2) is 0 Å². The zero-order chi connectivity index (χ0) is 22.1. The minimum Gasteiger partial charge on any atom is -0.351 e. The monoisotopic (exact) mass is 465 g/mol. The van der Waals surface area contributed by atoms with Crippen molar-refractivity contribution in [2.24, 2.45) is 0 Å². The van der Waals surface area contributed by atoms with E-state index in [1.165, 1.54) is 18.7 Å². The Hall–Kier alpha value is -1.14. The van der Waals surface area contributed by atoms with Crippen LogP contribution in [0.5, 0.6) is 0 Å². The van der Waals surface area contributed by atoms with Gasteiger partial charge in [0.1, 0.15) is 6.04 Å². The highest BCUT2D eigenvalue weighted by molar-refractivity contribution is 7.98. The Morgan fingerprint density at radius 2 is 1.59 bits per heavy atom. The number of nitrogens with one attached hydrogen (secondary N) is 3. The van der Waals surface area contributed by atoms with Crippen LogP contribution in [0.15, 0.2) is 24.3 Å². The third-order valence-corrected chi connectivity index (χ3v) is 7.48. The Labute approximate surface area is 178 Å². The zero-order valence-corrected chi connectivity index (χ0v) is 19.7. The fraction of sp³-hybridized carbons (Fsp3) is 0.611. The second-order valence-corrected chi connectivity index (χ2v) is 11.7. The van der Waals surface area contributed by atoms with Gasteiger partial charge in [0, 0.05) is 12.6 Å². The van der Waals surface area contributed by atoms with E-state index >= 15 is 0 Å². The van der Waals surface area contributed by atoms with E-state index in [2.05, 4.69) is 14.8 Å². The first-order chi connectivity index (χ1) is 13.5. The molecule has 1 amide bonds. The van der Waals surface area contributed by atoms with Crippen LogP contribution >= 0.6 is 11.8 Å². The molecule has 0 aliphatic carbocycles. The fourth-order valence-corrected chi connectivity index (χ4v) is 5.19. The van der Waals surface area contributed by atoms with Gasteiger partial charge in [0.05, 0.1) is 11.5 Å². The van der Waals surface area contributed by atoms with Crippen molar-refractivity contribution in [3.05, 3.63) is 35.4 Å². The lowest BCUT2D eigenvalue weighted by Gasteiger charge is -2.18. The molecule has 8 nitrogen and oxygen atoms in total. The summed E-state index contributed by atoms with van der Waals surface area (Å²) < 4.78 is 52.6. The summed E-state index contributed by atoms with van der Waals surface area (Å²) in [5.41, 5.74) is 1.43. The van der Waals surface area contributed by atoms with Gasteiger partial charge in [0.2, 0.25) is 26.0 Å². The molecule has 0 aliphatic heterocycles. The summed E-state index contributed by atoms with van der Waals surface area (Å²) in [4.78, 5) is 12.4. The summed E-state index contributed by atoms with van der Waals surface area (Å²) in [5, 5.41) is 2.74. The summed E-state index contributed by atoms with van der Waals surface area (Å²) in [6, 6.07) is 5.90. The van der Waals surface area contributed by atoms with Crippen LogP contribution in [0.4, 0.5) is 0 Å². The van der Waals surface area contributed by atoms with Gasteiger partial charge < -0.3 is 5.32 Å². The van der Waals surface area contributed by atoms with Crippen molar-refractivity contribution in [1.29, 1.82) is 0 Å². The van der Waals surface area contributed by atoms with Gasteiger partial charge in [-0.1, -0.05) is 24.3 Å². The zero-order valence-electron chi connectivity index (χ0n) is 17.3. The summed E-state index contributed by atoms with van der Waals surface area (Å²) >= 11 is 1.54. The fourth-order valence-electron chi connectivity index (χ4n) is 2.47. The molecule has 1 atom stereocenters. The van der Waals surface area contributed by atoms with Crippen molar-refractivity contribution in [3.8, 4) is 0 Å². The van der Waals surface area contributed by atoms with Crippen LogP contribution in [0.1, 0.15) is 38.3 Å². The van der Waals surface area contributed by atoms with Crippen LogP contribution in [-0.4, -0.2) is 52.6 Å². The number of amides is 1. The standard InChI is InChI=1S/C18H31N3O5S3/c1-5-28(23,24)21-17(10-11-27-4)18(22)19-12-15-6-8-16(9-7-15)13-29(25,26)20-14(2)3/h6-9,14,17,20-21H,5,10-13H2,1-4H3,(H,19,22). The van der Waals surface area contributed by atoms with Crippen LogP contribution < -0.4 is 14.8 Å². The van der Waals surface area contributed by atoms with E-state index in [0.29, 0.717) is 17.7 Å². The van der Waals surface area contributed by atoms with E-state index in [4.69, 9.17) is 0 Å². The Bertz CT molecular complexity index is 853. The second kappa shape index (κ2) is 11.9. The summed E-state index contributed by atoms with van der Waals surface area (Å²) in [5.74, 6) is 0.0565. The van der Waals surface area contributed by atoms with Gasteiger partial charge in [0.25, 0.3) is 0 Å². The molecule has 0 spiro atoms. The highest BCUT2D eigenvalue weighted by Gasteiger charge is 2.23. The molecule has 0 radical (unpaired) electrons. The average molecular weight is 466 g/mol. The quantitative estimate of drug-likeness (QED) is 0.402. The molecule has 0 fully saturated rings. The number of benzene rings is 1. The summed E-state index contributed by atoms with van der Waals surface area (Å²) in [6.07, 6.45) is 2.29. The van der Waals surface area contributed by atoms with Crippen molar-refractivity contribution in [2.45, 2.75) is 51.6 Å². The molecule has 0 saturated carbocycles. The predicted octanol–water partition coefficient (Wildman–Crippen LogP) is 1.19.